The molecule has 110 valence electrons. The van der Waals surface area contributed by atoms with Gasteiger partial charge in [0.1, 0.15) is 11.6 Å². The Balaban J connectivity index is 1.84. The van der Waals surface area contributed by atoms with Crippen molar-refractivity contribution in [1.29, 1.82) is 0 Å². The molecule has 1 N–H and O–H groups in total. The molecule has 0 amide bonds. The molecule has 3 rings (SSSR count). The molecule has 0 aliphatic carbocycles. The number of rotatable bonds is 3. The third kappa shape index (κ3) is 2.69. The lowest BCUT2D eigenvalue weighted by Crippen LogP contribution is -2.50. The first-order valence-electron chi connectivity index (χ1n) is 7.28. The SMILES string of the molecule is CCNc1nc(N2CCN3CCCC3C2)c(Cl)cc1Cl. The zero-order valence-electron chi connectivity index (χ0n) is 11.7. The van der Waals surface area contributed by atoms with Crippen LogP contribution in [0.25, 0.3) is 0 Å². The Bertz CT molecular complexity index is 494. The van der Waals surface area contributed by atoms with Crippen LogP contribution in [0, 0.1) is 0 Å². The number of nitrogens with one attached hydrogen (secondary N) is 1. The van der Waals surface area contributed by atoms with Crippen molar-refractivity contribution in [3.05, 3.63) is 16.1 Å². The highest BCUT2D eigenvalue weighted by atomic mass is 35.5. The van der Waals surface area contributed by atoms with Crippen LogP contribution in [0.1, 0.15) is 19.8 Å². The van der Waals surface area contributed by atoms with Crippen molar-refractivity contribution < 1.29 is 0 Å². The van der Waals surface area contributed by atoms with E-state index in [1.54, 1.807) is 6.07 Å². The Labute approximate surface area is 130 Å². The number of nitrogens with zero attached hydrogens (tertiary/aromatic N) is 3. The van der Waals surface area contributed by atoms with Crippen LogP contribution in [0.5, 0.6) is 0 Å². The number of hydrogen-bond donors (Lipinski definition) is 1. The summed E-state index contributed by atoms with van der Waals surface area (Å²) < 4.78 is 0. The topological polar surface area (TPSA) is 31.4 Å². The molecule has 0 saturated carbocycles. The van der Waals surface area contributed by atoms with E-state index in [-0.39, 0.29) is 0 Å². The number of pyridine rings is 1. The first-order chi connectivity index (χ1) is 9.69. The fourth-order valence-corrected chi connectivity index (χ4v) is 3.70. The molecule has 1 aromatic heterocycles. The molecule has 0 aromatic carbocycles. The van der Waals surface area contributed by atoms with Crippen LogP contribution in [0.4, 0.5) is 11.6 Å². The fraction of sp³-hybridized carbons (Fsp3) is 0.643. The molecule has 6 heteroatoms. The highest BCUT2D eigenvalue weighted by molar-refractivity contribution is 6.37. The lowest BCUT2D eigenvalue weighted by atomic mass is 10.1. The number of fused-ring (bicyclic) bond motifs is 1. The molecule has 0 bridgehead atoms. The van der Waals surface area contributed by atoms with E-state index in [2.05, 4.69) is 20.1 Å². The van der Waals surface area contributed by atoms with Gasteiger partial charge in [0.25, 0.3) is 0 Å². The maximum absolute atomic E-state index is 6.35. The molecule has 2 saturated heterocycles. The number of halogens is 2. The minimum absolute atomic E-state index is 0.583. The second-order valence-corrected chi connectivity index (χ2v) is 6.25. The summed E-state index contributed by atoms with van der Waals surface area (Å²) in [6, 6.07) is 2.45. The lowest BCUT2D eigenvalue weighted by Gasteiger charge is -2.38. The Morgan fingerprint density at radius 3 is 2.95 bits per heavy atom. The molecular weight excluding hydrogens is 295 g/mol. The summed E-state index contributed by atoms with van der Waals surface area (Å²) in [6.07, 6.45) is 2.59. The summed E-state index contributed by atoms with van der Waals surface area (Å²) in [6.45, 7) is 7.16. The maximum Gasteiger partial charge on any atom is 0.150 e. The minimum Gasteiger partial charge on any atom is -0.369 e. The summed E-state index contributed by atoms with van der Waals surface area (Å²) in [7, 11) is 0. The van der Waals surface area contributed by atoms with Crippen LogP contribution < -0.4 is 10.2 Å². The molecule has 2 aliphatic heterocycles. The Morgan fingerprint density at radius 1 is 1.30 bits per heavy atom. The Hall–Kier alpha value is -0.710. The van der Waals surface area contributed by atoms with Crippen molar-refractivity contribution in [3.63, 3.8) is 0 Å². The lowest BCUT2D eigenvalue weighted by molar-refractivity contribution is 0.230. The van der Waals surface area contributed by atoms with E-state index in [9.17, 15) is 0 Å². The molecule has 4 nitrogen and oxygen atoms in total. The Kier molecular flexibility index (Phi) is 4.24. The van der Waals surface area contributed by atoms with Crippen LogP contribution in [0.3, 0.4) is 0 Å². The molecule has 20 heavy (non-hydrogen) atoms. The van der Waals surface area contributed by atoms with Crippen molar-refractivity contribution in [3.8, 4) is 0 Å². The van der Waals surface area contributed by atoms with Crippen LogP contribution >= 0.6 is 23.2 Å². The predicted molar refractivity (Wildman–Crippen MR) is 85.2 cm³/mol. The van der Waals surface area contributed by atoms with Gasteiger partial charge >= 0.3 is 0 Å². The van der Waals surface area contributed by atoms with Gasteiger partial charge in [-0.25, -0.2) is 4.98 Å². The molecule has 1 aromatic rings. The van der Waals surface area contributed by atoms with E-state index >= 15 is 0 Å². The first-order valence-corrected chi connectivity index (χ1v) is 8.03. The van der Waals surface area contributed by atoms with E-state index in [0.717, 1.165) is 37.8 Å². The van der Waals surface area contributed by atoms with Crippen molar-refractivity contribution in [1.82, 2.24) is 9.88 Å². The number of aromatic nitrogens is 1. The third-order valence-corrected chi connectivity index (χ3v) is 4.71. The molecule has 2 fully saturated rings. The highest BCUT2D eigenvalue weighted by Crippen LogP contribution is 2.33. The summed E-state index contributed by atoms with van der Waals surface area (Å²) >= 11 is 12.5. The average Bonchev–Trinajstić information content (AvgIpc) is 2.89. The normalized spacial score (nSPS) is 22.9. The Morgan fingerprint density at radius 2 is 2.15 bits per heavy atom. The van der Waals surface area contributed by atoms with Crippen molar-refractivity contribution in [2.75, 3.05) is 42.9 Å². The van der Waals surface area contributed by atoms with Gasteiger partial charge in [-0.1, -0.05) is 23.2 Å². The van der Waals surface area contributed by atoms with Crippen molar-refractivity contribution >= 4 is 34.8 Å². The molecule has 0 radical (unpaired) electrons. The van der Waals surface area contributed by atoms with Gasteiger partial charge in [-0.2, -0.15) is 0 Å². The summed E-state index contributed by atoms with van der Waals surface area (Å²) in [5.41, 5.74) is 0. The van der Waals surface area contributed by atoms with E-state index in [4.69, 9.17) is 23.2 Å². The van der Waals surface area contributed by atoms with Crippen LogP contribution in [0.2, 0.25) is 10.0 Å². The average molecular weight is 315 g/mol. The summed E-state index contributed by atoms with van der Waals surface area (Å²) in [4.78, 5) is 9.50. The quantitative estimate of drug-likeness (QED) is 0.929. The number of piperazine rings is 1. The van der Waals surface area contributed by atoms with Crippen molar-refractivity contribution in [2.24, 2.45) is 0 Å². The maximum atomic E-state index is 6.35. The van der Waals surface area contributed by atoms with Gasteiger partial charge in [0.2, 0.25) is 0 Å². The first kappa shape index (κ1) is 14.2. The molecule has 1 unspecified atom stereocenters. The van der Waals surface area contributed by atoms with E-state index in [1.165, 1.54) is 19.4 Å². The van der Waals surface area contributed by atoms with Crippen LogP contribution in [-0.2, 0) is 0 Å². The van der Waals surface area contributed by atoms with E-state index < -0.39 is 0 Å². The molecule has 2 aliphatic rings. The molecule has 1 atom stereocenters. The van der Waals surface area contributed by atoms with Gasteiger partial charge in [-0.3, -0.25) is 4.90 Å². The molecular formula is C14H20Cl2N4. The van der Waals surface area contributed by atoms with Crippen molar-refractivity contribution in [2.45, 2.75) is 25.8 Å². The number of hydrogen-bond acceptors (Lipinski definition) is 4. The standard InChI is InChI=1S/C14H20Cl2N4/c1-2-17-13-11(15)8-12(16)14(18-13)20-7-6-19-5-3-4-10(19)9-20/h8,10H,2-7,9H2,1H3,(H,17,18). The summed E-state index contributed by atoms with van der Waals surface area (Å²) in [5, 5.41) is 4.42. The zero-order valence-corrected chi connectivity index (χ0v) is 13.2. The van der Waals surface area contributed by atoms with Crippen LogP contribution in [-0.4, -0.2) is 48.6 Å². The second kappa shape index (κ2) is 5.96. The van der Waals surface area contributed by atoms with Crippen LogP contribution in [0.15, 0.2) is 6.07 Å². The second-order valence-electron chi connectivity index (χ2n) is 5.43. The fourth-order valence-electron chi connectivity index (χ4n) is 3.15. The zero-order chi connectivity index (χ0) is 14.1. The van der Waals surface area contributed by atoms with Gasteiger partial charge in [-0.05, 0) is 32.4 Å². The van der Waals surface area contributed by atoms with Gasteiger partial charge < -0.3 is 10.2 Å². The van der Waals surface area contributed by atoms with E-state index in [1.807, 2.05) is 6.92 Å². The minimum atomic E-state index is 0.583. The summed E-state index contributed by atoms with van der Waals surface area (Å²) in [5.74, 6) is 1.58. The highest BCUT2D eigenvalue weighted by Gasteiger charge is 2.31. The van der Waals surface area contributed by atoms with Gasteiger partial charge in [0.15, 0.2) is 0 Å². The van der Waals surface area contributed by atoms with Gasteiger partial charge in [0, 0.05) is 32.2 Å². The van der Waals surface area contributed by atoms with E-state index in [0.29, 0.717) is 16.1 Å². The smallest absolute Gasteiger partial charge is 0.150 e. The van der Waals surface area contributed by atoms with Gasteiger partial charge in [-0.15, -0.1) is 0 Å². The third-order valence-electron chi connectivity index (χ3n) is 4.14. The monoisotopic (exact) mass is 314 g/mol. The molecule has 3 heterocycles. The largest absolute Gasteiger partial charge is 0.369 e. The van der Waals surface area contributed by atoms with Gasteiger partial charge in [0.05, 0.1) is 10.0 Å². The molecule has 0 spiro atoms. The predicted octanol–water partition coefficient (Wildman–Crippen LogP) is 3.10. The number of anilines is 2.